The van der Waals surface area contributed by atoms with Gasteiger partial charge in [0, 0.05) is 16.5 Å². The lowest BCUT2D eigenvalue weighted by molar-refractivity contribution is 0.669. The third-order valence-corrected chi connectivity index (χ3v) is 11.3. The molecule has 256 valence electrons. The summed E-state index contributed by atoms with van der Waals surface area (Å²) in [6.45, 7) is 2.05. The van der Waals surface area contributed by atoms with E-state index in [1.807, 2.05) is 6.92 Å². The molecule has 1 aromatic heterocycles. The van der Waals surface area contributed by atoms with Crippen molar-refractivity contribution in [3.63, 3.8) is 0 Å². The zero-order valence-electron chi connectivity index (χ0n) is 29.9. The third-order valence-electron chi connectivity index (χ3n) is 10.9. The van der Waals surface area contributed by atoms with Gasteiger partial charge in [-0.2, -0.15) is 12.6 Å². The van der Waals surface area contributed by atoms with Crippen LogP contribution in [0, 0.1) is 0 Å². The number of allylic oxidation sites excluding steroid dienone is 1. The molecule has 1 nitrogen and oxygen atoms in total. The topological polar surface area (TPSA) is 13.1 Å². The Morgan fingerprint density at radius 2 is 1.02 bits per heavy atom. The van der Waals surface area contributed by atoms with Crippen LogP contribution < -0.4 is 0 Å². The van der Waals surface area contributed by atoms with E-state index in [1.165, 1.54) is 82.4 Å². The largest absolute Gasteiger partial charge is 0.456 e. The molecule has 10 aromatic rings. The van der Waals surface area contributed by atoms with E-state index in [-0.39, 0.29) is 0 Å². The highest BCUT2D eigenvalue weighted by atomic mass is 32.1. The van der Waals surface area contributed by atoms with Gasteiger partial charge in [0.2, 0.25) is 0 Å². The van der Waals surface area contributed by atoms with Gasteiger partial charge in [0.15, 0.2) is 0 Å². The lowest BCUT2D eigenvalue weighted by Crippen LogP contribution is -1.92. The molecule has 0 aliphatic rings. The maximum Gasteiger partial charge on any atom is 0.136 e. The SMILES string of the molecule is C/C=C\c1cc2oc3cccc(-c4c5ccccc5c(-c5ccc(-c6cccc7cccc(-c8ccccc8)c67)cc5)c5ccccc45)c3c2cc1CS. The summed E-state index contributed by atoms with van der Waals surface area (Å²) in [6, 6.07) is 61.8. The Hall–Kier alpha value is -6.35. The molecule has 1 heterocycles. The van der Waals surface area contributed by atoms with E-state index in [1.54, 1.807) is 0 Å². The van der Waals surface area contributed by atoms with Crippen LogP contribution in [-0.4, -0.2) is 0 Å². The van der Waals surface area contributed by atoms with Gasteiger partial charge in [-0.3, -0.25) is 0 Å². The first kappa shape index (κ1) is 32.3. The van der Waals surface area contributed by atoms with Gasteiger partial charge in [-0.15, -0.1) is 0 Å². The molecular formula is C52H36OS. The fourth-order valence-electron chi connectivity index (χ4n) is 8.60. The zero-order chi connectivity index (χ0) is 36.2. The number of thiol groups is 1. The summed E-state index contributed by atoms with van der Waals surface area (Å²) in [5.41, 5.74) is 13.9. The predicted molar refractivity (Wildman–Crippen MR) is 235 cm³/mol. The molecule has 0 unspecified atom stereocenters. The van der Waals surface area contributed by atoms with Gasteiger partial charge < -0.3 is 4.42 Å². The normalized spacial score (nSPS) is 11.9. The van der Waals surface area contributed by atoms with E-state index in [0.29, 0.717) is 5.75 Å². The van der Waals surface area contributed by atoms with Gasteiger partial charge in [0.25, 0.3) is 0 Å². The van der Waals surface area contributed by atoms with Gasteiger partial charge in [-0.05, 0) is 113 Å². The quantitative estimate of drug-likeness (QED) is 0.134. The highest BCUT2D eigenvalue weighted by molar-refractivity contribution is 7.79. The molecule has 0 saturated heterocycles. The Labute approximate surface area is 320 Å². The zero-order valence-corrected chi connectivity index (χ0v) is 30.8. The maximum absolute atomic E-state index is 6.57. The average Bonchev–Trinajstić information content (AvgIpc) is 3.60. The van der Waals surface area contributed by atoms with E-state index < -0.39 is 0 Å². The number of hydrogen-bond donors (Lipinski definition) is 1. The van der Waals surface area contributed by atoms with E-state index in [4.69, 9.17) is 17.0 Å². The van der Waals surface area contributed by atoms with Crippen molar-refractivity contribution in [3.05, 3.63) is 187 Å². The molecule has 9 aromatic carbocycles. The maximum atomic E-state index is 6.57. The van der Waals surface area contributed by atoms with Crippen molar-refractivity contribution in [2.75, 3.05) is 0 Å². The van der Waals surface area contributed by atoms with Gasteiger partial charge in [0.1, 0.15) is 11.2 Å². The Kier molecular flexibility index (Phi) is 7.93. The molecule has 10 rings (SSSR count). The average molecular weight is 709 g/mol. The number of furan rings is 1. The van der Waals surface area contributed by atoms with Crippen molar-refractivity contribution < 1.29 is 4.42 Å². The first-order chi connectivity index (χ1) is 26.7. The van der Waals surface area contributed by atoms with Crippen LogP contribution in [0.15, 0.2) is 180 Å². The molecule has 0 aliphatic carbocycles. The fourth-order valence-corrected chi connectivity index (χ4v) is 8.87. The molecule has 0 saturated carbocycles. The van der Waals surface area contributed by atoms with Crippen LogP contribution in [0.3, 0.4) is 0 Å². The molecule has 0 aliphatic heterocycles. The minimum Gasteiger partial charge on any atom is -0.456 e. The molecule has 0 radical (unpaired) electrons. The lowest BCUT2D eigenvalue weighted by Gasteiger charge is -2.18. The summed E-state index contributed by atoms with van der Waals surface area (Å²) in [4.78, 5) is 0. The molecule has 0 atom stereocenters. The Balaban J connectivity index is 1.18. The number of rotatable bonds is 6. The summed E-state index contributed by atoms with van der Waals surface area (Å²) < 4.78 is 6.57. The van der Waals surface area contributed by atoms with E-state index in [0.717, 1.165) is 27.5 Å². The number of benzene rings is 9. The molecule has 54 heavy (non-hydrogen) atoms. The van der Waals surface area contributed by atoms with Gasteiger partial charge in [-0.25, -0.2) is 0 Å². The minimum absolute atomic E-state index is 0.651. The molecular weight excluding hydrogens is 673 g/mol. The second kappa shape index (κ2) is 13.3. The van der Waals surface area contributed by atoms with Crippen LogP contribution in [0.2, 0.25) is 0 Å². The van der Waals surface area contributed by atoms with Gasteiger partial charge in [0.05, 0.1) is 0 Å². The Morgan fingerprint density at radius 1 is 0.463 bits per heavy atom. The molecule has 0 N–H and O–H groups in total. The van der Waals surface area contributed by atoms with E-state index in [2.05, 4.69) is 182 Å². The van der Waals surface area contributed by atoms with Crippen LogP contribution >= 0.6 is 12.6 Å². The molecule has 0 bridgehead atoms. The summed E-state index contributed by atoms with van der Waals surface area (Å²) in [7, 11) is 0. The Morgan fingerprint density at radius 3 is 1.65 bits per heavy atom. The van der Waals surface area contributed by atoms with Gasteiger partial charge in [-0.1, -0.05) is 164 Å². The fraction of sp³-hybridized carbons (Fsp3) is 0.0385. The highest BCUT2D eigenvalue weighted by Crippen LogP contribution is 2.47. The summed E-state index contributed by atoms with van der Waals surface area (Å²) in [5.74, 6) is 0.651. The second-order valence-corrected chi connectivity index (χ2v) is 14.3. The van der Waals surface area contributed by atoms with Crippen molar-refractivity contribution in [3.8, 4) is 44.5 Å². The molecule has 0 spiro atoms. The number of fused-ring (bicyclic) bond motifs is 6. The van der Waals surface area contributed by atoms with Crippen molar-refractivity contribution >= 4 is 73.0 Å². The summed E-state index contributed by atoms with van der Waals surface area (Å²) in [5, 5.41) is 9.68. The van der Waals surface area contributed by atoms with Crippen molar-refractivity contribution in [1.82, 2.24) is 0 Å². The van der Waals surface area contributed by atoms with Crippen molar-refractivity contribution in [1.29, 1.82) is 0 Å². The van der Waals surface area contributed by atoms with Gasteiger partial charge >= 0.3 is 0 Å². The van der Waals surface area contributed by atoms with Crippen molar-refractivity contribution in [2.24, 2.45) is 0 Å². The summed E-state index contributed by atoms with van der Waals surface area (Å²) in [6.07, 6.45) is 4.20. The standard InChI is InChI=1S/C52H36OS/c1-2-13-37-31-48-46(30-38(37)32-54)52-45(24-12-25-47(52)53-48)51-43-20-8-6-18-41(43)50(42-19-7-9-21-44(42)51)36-28-26-34(27-29-36)40-23-11-17-35-16-10-22-39(49(35)40)33-14-4-3-5-15-33/h2-31,54H,32H2,1H3/b13-2-. The van der Waals surface area contributed by atoms with Crippen LogP contribution in [0.4, 0.5) is 0 Å². The van der Waals surface area contributed by atoms with Crippen LogP contribution in [0.1, 0.15) is 18.1 Å². The smallest absolute Gasteiger partial charge is 0.136 e. The minimum atomic E-state index is 0.651. The van der Waals surface area contributed by atoms with Crippen molar-refractivity contribution in [2.45, 2.75) is 12.7 Å². The number of hydrogen-bond acceptors (Lipinski definition) is 2. The monoisotopic (exact) mass is 708 g/mol. The first-order valence-electron chi connectivity index (χ1n) is 18.6. The summed E-state index contributed by atoms with van der Waals surface area (Å²) >= 11 is 4.71. The van der Waals surface area contributed by atoms with E-state index >= 15 is 0 Å². The van der Waals surface area contributed by atoms with Crippen LogP contribution in [0.5, 0.6) is 0 Å². The molecule has 2 heteroatoms. The molecule has 0 fully saturated rings. The van der Waals surface area contributed by atoms with E-state index in [9.17, 15) is 0 Å². The first-order valence-corrected chi connectivity index (χ1v) is 19.2. The lowest BCUT2D eigenvalue weighted by atomic mass is 9.84. The highest BCUT2D eigenvalue weighted by Gasteiger charge is 2.21. The second-order valence-electron chi connectivity index (χ2n) is 14.0. The third kappa shape index (κ3) is 5.17. The Bertz CT molecular complexity index is 3010. The predicted octanol–water partition coefficient (Wildman–Crippen LogP) is 15.2. The van der Waals surface area contributed by atoms with Crippen LogP contribution in [0.25, 0.3) is 105 Å². The molecule has 0 amide bonds. The van der Waals surface area contributed by atoms with Crippen LogP contribution in [-0.2, 0) is 5.75 Å².